The molecule has 0 saturated heterocycles. The van der Waals surface area contributed by atoms with Crippen LogP contribution in [0.15, 0.2) is 12.3 Å². The molecule has 0 amide bonds. The SMILES string of the molecule is C=C(CCCC(C)(C)C)N(CC(C)CCC(C)(C)C(CS)CCC(C)(C)C)C(C)(C)C. The van der Waals surface area contributed by atoms with Crippen LogP contribution in [0.25, 0.3) is 0 Å². The van der Waals surface area contributed by atoms with Crippen molar-refractivity contribution in [1.82, 2.24) is 4.90 Å². The van der Waals surface area contributed by atoms with Gasteiger partial charge in [0.2, 0.25) is 0 Å². The molecule has 0 rings (SSSR count). The standard InChI is InChI=1S/C29H59NS/c1-23(16-20-29(12,13)25(22-31)17-19-27(6,7)8)21-30(28(9,10)11)24(2)15-14-18-26(3,4)5/h23,25,31H,2,14-22H2,1,3-13H3. The molecule has 1 nitrogen and oxygen atoms in total. The first kappa shape index (κ1) is 30.9. The normalized spacial score (nSPS) is 15.6. The van der Waals surface area contributed by atoms with Crippen molar-refractivity contribution in [3.05, 3.63) is 12.3 Å². The van der Waals surface area contributed by atoms with E-state index in [0.717, 1.165) is 18.7 Å². The maximum atomic E-state index is 4.74. The molecule has 0 fully saturated rings. The van der Waals surface area contributed by atoms with Crippen molar-refractivity contribution >= 4 is 12.6 Å². The molecule has 0 radical (unpaired) electrons. The van der Waals surface area contributed by atoms with Gasteiger partial charge < -0.3 is 4.90 Å². The van der Waals surface area contributed by atoms with Crippen LogP contribution in [0, 0.1) is 28.1 Å². The molecule has 186 valence electrons. The summed E-state index contributed by atoms with van der Waals surface area (Å²) in [6.45, 7) is 34.1. The molecular formula is C29H59NS. The lowest BCUT2D eigenvalue weighted by atomic mass is 9.71. The van der Waals surface area contributed by atoms with Gasteiger partial charge in [0.15, 0.2) is 0 Å². The highest BCUT2D eigenvalue weighted by atomic mass is 32.1. The summed E-state index contributed by atoms with van der Waals surface area (Å²) < 4.78 is 0. The largest absolute Gasteiger partial charge is 0.370 e. The smallest absolute Gasteiger partial charge is 0.0314 e. The second kappa shape index (κ2) is 12.4. The van der Waals surface area contributed by atoms with E-state index >= 15 is 0 Å². The predicted molar refractivity (Wildman–Crippen MR) is 147 cm³/mol. The number of hydrogen-bond donors (Lipinski definition) is 1. The van der Waals surface area contributed by atoms with Gasteiger partial charge in [-0.3, -0.25) is 0 Å². The van der Waals surface area contributed by atoms with Crippen LogP contribution < -0.4 is 0 Å². The molecule has 31 heavy (non-hydrogen) atoms. The van der Waals surface area contributed by atoms with Crippen LogP contribution in [-0.2, 0) is 0 Å². The summed E-state index contributed by atoms with van der Waals surface area (Å²) in [6, 6.07) is 0. The average molecular weight is 454 g/mol. The molecule has 2 heteroatoms. The molecular weight excluding hydrogens is 394 g/mol. The lowest BCUT2D eigenvalue weighted by Gasteiger charge is -2.42. The van der Waals surface area contributed by atoms with Crippen molar-refractivity contribution < 1.29 is 0 Å². The van der Waals surface area contributed by atoms with E-state index in [1.54, 1.807) is 0 Å². The summed E-state index contributed by atoms with van der Waals surface area (Å²) >= 11 is 4.74. The Morgan fingerprint density at radius 3 is 1.74 bits per heavy atom. The summed E-state index contributed by atoms with van der Waals surface area (Å²) in [7, 11) is 0. The zero-order valence-electron chi connectivity index (χ0n) is 23.6. The zero-order chi connectivity index (χ0) is 24.7. The Morgan fingerprint density at radius 1 is 0.806 bits per heavy atom. The molecule has 0 aliphatic carbocycles. The zero-order valence-corrected chi connectivity index (χ0v) is 24.5. The Labute approximate surface area is 203 Å². The Bertz CT molecular complexity index is 512. The van der Waals surface area contributed by atoms with Gasteiger partial charge in [-0.25, -0.2) is 0 Å². The summed E-state index contributed by atoms with van der Waals surface area (Å²) in [5, 5.41) is 0. The fourth-order valence-corrected chi connectivity index (χ4v) is 5.07. The highest BCUT2D eigenvalue weighted by molar-refractivity contribution is 7.80. The molecule has 0 aromatic rings. The Morgan fingerprint density at radius 2 is 1.32 bits per heavy atom. The molecule has 0 aliphatic rings. The molecule has 0 saturated carbocycles. The predicted octanol–water partition coefficient (Wildman–Crippen LogP) is 9.63. The van der Waals surface area contributed by atoms with Gasteiger partial charge in [0.1, 0.15) is 0 Å². The minimum absolute atomic E-state index is 0.128. The Balaban J connectivity index is 4.90. The summed E-state index contributed by atoms with van der Waals surface area (Å²) in [6.07, 6.45) is 8.71. The highest BCUT2D eigenvalue weighted by Gasteiger charge is 2.31. The van der Waals surface area contributed by atoms with Gasteiger partial charge in [-0.05, 0) is 99.6 Å². The van der Waals surface area contributed by atoms with E-state index in [1.165, 1.54) is 44.2 Å². The van der Waals surface area contributed by atoms with Crippen LogP contribution >= 0.6 is 12.6 Å². The van der Waals surface area contributed by atoms with E-state index in [-0.39, 0.29) is 5.54 Å². The fourth-order valence-electron chi connectivity index (χ4n) is 4.40. The second-order valence-electron chi connectivity index (χ2n) is 14.4. The fraction of sp³-hybridized carbons (Fsp3) is 0.931. The second-order valence-corrected chi connectivity index (χ2v) is 14.7. The lowest BCUT2D eigenvalue weighted by molar-refractivity contribution is 0.133. The summed E-state index contributed by atoms with van der Waals surface area (Å²) in [5.74, 6) is 2.35. The van der Waals surface area contributed by atoms with Crippen molar-refractivity contribution in [2.24, 2.45) is 28.1 Å². The van der Waals surface area contributed by atoms with E-state index in [1.807, 2.05) is 0 Å². The van der Waals surface area contributed by atoms with Crippen molar-refractivity contribution in [1.29, 1.82) is 0 Å². The van der Waals surface area contributed by atoms with E-state index in [9.17, 15) is 0 Å². The number of allylic oxidation sites excluding steroid dienone is 1. The van der Waals surface area contributed by atoms with Gasteiger partial charge in [0, 0.05) is 17.8 Å². The first-order valence-electron chi connectivity index (χ1n) is 12.8. The van der Waals surface area contributed by atoms with Gasteiger partial charge in [-0.1, -0.05) is 68.9 Å². The van der Waals surface area contributed by atoms with Crippen molar-refractivity contribution in [2.75, 3.05) is 12.3 Å². The Kier molecular flexibility index (Phi) is 12.3. The molecule has 2 unspecified atom stereocenters. The van der Waals surface area contributed by atoms with Crippen LogP contribution in [0.5, 0.6) is 0 Å². The molecule has 0 N–H and O–H groups in total. The first-order chi connectivity index (χ1) is 13.8. The molecule has 2 atom stereocenters. The topological polar surface area (TPSA) is 3.24 Å². The van der Waals surface area contributed by atoms with Crippen LogP contribution in [0.4, 0.5) is 0 Å². The number of nitrogens with zero attached hydrogens (tertiary/aromatic N) is 1. The van der Waals surface area contributed by atoms with E-state index in [4.69, 9.17) is 12.6 Å². The third-order valence-corrected chi connectivity index (χ3v) is 7.37. The minimum Gasteiger partial charge on any atom is -0.370 e. The van der Waals surface area contributed by atoms with Crippen molar-refractivity contribution in [2.45, 2.75) is 134 Å². The average Bonchev–Trinajstić information content (AvgIpc) is 2.55. The maximum absolute atomic E-state index is 4.74. The van der Waals surface area contributed by atoms with E-state index in [0.29, 0.717) is 28.1 Å². The third kappa shape index (κ3) is 13.9. The quantitative estimate of drug-likeness (QED) is 0.272. The van der Waals surface area contributed by atoms with Crippen molar-refractivity contribution in [3.63, 3.8) is 0 Å². The van der Waals surface area contributed by atoms with E-state index < -0.39 is 0 Å². The van der Waals surface area contributed by atoms with Gasteiger partial charge in [0.25, 0.3) is 0 Å². The first-order valence-corrected chi connectivity index (χ1v) is 13.5. The van der Waals surface area contributed by atoms with Crippen molar-refractivity contribution in [3.8, 4) is 0 Å². The van der Waals surface area contributed by atoms with Gasteiger partial charge in [-0.2, -0.15) is 12.6 Å². The third-order valence-electron chi connectivity index (χ3n) is 6.93. The highest BCUT2D eigenvalue weighted by Crippen LogP contribution is 2.39. The van der Waals surface area contributed by atoms with Gasteiger partial charge in [-0.15, -0.1) is 0 Å². The molecule has 0 aliphatic heterocycles. The van der Waals surface area contributed by atoms with Crippen LogP contribution in [-0.4, -0.2) is 22.7 Å². The number of thiol groups is 1. The molecule has 0 spiro atoms. The monoisotopic (exact) mass is 453 g/mol. The number of hydrogen-bond acceptors (Lipinski definition) is 2. The molecule has 0 heterocycles. The molecule has 0 aromatic carbocycles. The minimum atomic E-state index is 0.128. The summed E-state index contributed by atoms with van der Waals surface area (Å²) in [5.41, 5.74) is 2.61. The van der Waals surface area contributed by atoms with Gasteiger partial charge >= 0.3 is 0 Å². The van der Waals surface area contributed by atoms with Crippen LogP contribution in [0.1, 0.15) is 128 Å². The molecule has 0 aromatic heterocycles. The molecule has 0 bridgehead atoms. The summed E-state index contributed by atoms with van der Waals surface area (Å²) in [4.78, 5) is 2.59. The van der Waals surface area contributed by atoms with Crippen LogP contribution in [0.2, 0.25) is 0 Å². The van der Waals surface area contributed by atoms with Crippen LogP contribution in [0.3, 0.4) is 0 Å². The lowest BCUT2D eigenvalue weighted by Crippen LogP contribution is -2.43. The maximum Gasteiger partial charge on any atom is 0.0314 e. The Hall–Kier alpha value is -0.110. The van der Waals surface area contributed by atoms with Gasteiger partial charge in [0.05, 0.1) is 0 Å². The number of rotatable bonds is 13. The van der Waals surface area contributed by atoms with E-state index in [2.05, 4.69) is 94.6 Å².